The fourth-order valence-electron chi connectivity index (χ4n) is 2.56. The lowest BCUT2D eigenvalue weighted by Gasteiger charge is -2.18. The summed E-state index contributed by atoms with van der Waals surface area (Å²) in [5, 5.41) is 14.6. The van der Waals surface area contributed by atoms with Gasteiger partial charge in [-0.3, -0.25) is 0 Å². The lowest BCUT2D eigenvalue weighted by Crippen LogP contribution is -2.34. The molecule has 2 amide bonds. The molecular weight excluding hydrogens is 247 g/mol. The molecule has 4 nitrogen and oxygen atoms in total. The maximum absolute atomic E-state index is 12.7. The van der Waals surface area contributed by atoms with Crippen LogP contribution in [0.25, 0.3) is 0 Å². The molecule has 3 N–H and O–H groups in total. The van der Waals surface area contributed by atoms with Crippen LogP contribution in [0.5, 0.6) is 0 Å². The second kappa shape index (κ2) is 6.52. The first-order valence-electron chi connectivity index (χ1n) is 6.60. The molecule has 1 aromatic rings. The molecule has 1 aromatic carbocycles. The van der Waals surface area contributed by atoms with Gasteiger partial charge in [-0.2, -0.15) is 0 Å². The lowest BCUT2D eigenvalue weighted by atomic mass is 9.97. The Hall–Kier alpha value is -1.62. The van der Waals surface area contributed by atoms with E-state index in [1.54, 1.807) is 0 Å². The van der Waals surface area contributed by atoms with E-state index in [-0.39, 0.29) is 18.5 Å². The van der Waals surface area contributed by atoms with Gasteiger partial charge in [-0.1, -0.05) is 6.42 Å². The maximum Gasteiger partial charge on any atom is 0.319 e. The fraction of sp³-hybridized carbons (Fsp3) is 0.500. The molecule has 19 heavy (non-hydrogen) atoms. The SMILES string of the molecule is O=C(NCC1CCCC1CO)Nc1ccc(F)cc1. The minimum atomic E-state index is -0.331. The standard InChI is InChI=1S/C14H19FN2O2/c15-12-4-6-13(7-5-12)17-14(19)16-8-10-2-1-3-11(10)9-18/h4-7,10-11,18H,1-3,8-9H2,(H2,16,17,19). The van der Waals surface area contributed by atoms with Crippen LogP contribution in [0, 0.1) is 17.7 Å². The average molecular weight is 266 g/mol. The van der Waals surface area contributed by atoms with Gasteiger partial charge in [0.15, 0.2) is 0 Å². The van der Waals surface area contributed by atoms with Crippen molar-refractivity contribution in [3.63, 3.8) is 0 Å². The van der Waals surface area contributed by atoms with Gasteiger partial charge in [0, 0.05) is 18.8 Å². The molecule has 104 valence electrons. The smallest absolute Gasteiger partial charge is 0.319 e. The average Bonchev–Trinajstić information content (AvgIpc) is 2.86. The fourth-order valence-corrected chi connectivity index (χ4v) is 2.56. The Labute approximate surface area is 112 Å². The number of benzene rings is 1. The van der Waals surface area contributed by atoms with Crippen LogP contribution in [-0.4, -0.2) is 24.3 Å². The third-order valence-electron chi connectivity index (χ3n) is 3.68. The Morgan fingerprint density at radius 3 is 2.63 bits per heavy atom. The van der Waals surface area contributed by atoms with E-state index in [2.05, 4.69) is 10.6 Å². The van der Waals surface area contributed by atoms with Crippen molar-refractivity contribution in [2.24, 2.45) is 11.8 Å². The van der Waals surface area contributed by atoms with Crippen LogP contribution in [0.15, 0.2) is 24.3 Å². The topological polar surface area (TPSA) is 61.4 Å². The normalized spacial score (nSPS) is 22.2. The summed E-state index contributed by atoms with van der Waals surface area (Å²) in [6.45, 7) is 0.754. The van der Waals surface area contributed by atoms with Gasteiger partial charge >= 0.3 is 6.03 Å². The predicted octanol–water partition coefficient (Wildman–Crippen LogP) is 2.36. The molecule has 2 unspecified atom stereocenters. The van der Waals surface area contributed by atoms with Crippen LogP contribution in [-0.2, 0) is 0 Å². The number of anilines is 1. The van der Waals surface area contributed by atoms with Gasteiger partial charge in [0.25, 0.3) is 0 Å². The number of aliphatic hydroxyl groups excluding tert-OH is 1. The number of carbonyl (C=O) groups is 1. The van der Waals surface area contributed by atoms with Crippen molar-refractivity contribution in [1.29, 1.82) is 0 Å². The van der Waals surface area contributed by atoms with E-state index in [1.807, 2.05) is 0 Å². The van der Waals surface area contributed by atoms with Crippen molar-refractivity contribution in [2.75, 3.05) is 18.5 Å². The third kappa shape index (κ3) is 3.92. The molecule has 1 saturated carbocycles. The number of halogens is 1. The highest BCUT2D eigenvalue weighted by atomic mass is 19.1. The first-order valence-corrected chi connectivity index (χ1v) is 6.60. The Balaban J connectivity index is 1.77. The van der Waals surface area contributed by atoms with E-state index < -0.39 is 0 Å². The van der Waals surface area contributed by atoms with Crippen molar-refractivity contribution in [3.8, 4) is 0 Å². The molecule has 0 heterocycles. The van der Waals surface area contributed by atoms with Gasteiger partial charge < -0.3 is 15.7 Å². The maximum atomic E-state index is 12.7. The summed E-state index contributed by atoms with van der Waals surface area (Å²) in [7, 11) is 0. The van der Waals surface area contributed by atoms with Gasteiger partial charge in [0.2, 0.25) is 0 Å². The van der Waals surface area contributed by atoms with Crippen LogP contribution in [0.3, 0.4) is 0 Å². The number of urea groups is 1. The molecular formula is C14H19FN2O2. The largest absolute Gasteiger partial charge is 0.396 e. The first kappa shape index (κ1) is 13.8. The summed E-state index contributed by atoms with van der Waals surface area (Å²) in [4.78, 5) is 11.7. The van der Waals surface area contributed by atoms with E-state index in [4.69, 9.17) is 0 Å². The zero-order valence-electron chi connectivity index (χ0n) is 10.7. The van der Waals surface area contributed by atoms with Crippen molar-refractivity contribution in [2.45, 2.75) is 19.3 Å². The van der Waals surface area contributed by atoms with E-state index >= 15 is 0 Å². The highest BCUT2D eigenvalue weighted by molar-refractivity contribution is 5.89. The highest BCUT2D eigenvalue weighted by Gasteiger charge is 2.26. The van der Waals surface area contributed by atoms with Crippen LogP contribution < -0.4 is 10.6 Å². The Morgan fingerprint density at radius 1 is 1.26 bits per heavy atom. The van der Waals surface area contributed by atoms with Crippen molar-refractivity contribution >= 4 is 11.7 Å². The quantitative estimate of drug-likeness (QED) is 0.783. The number of nitrogens with one attached hydrogen (secondary N) is 2. The van der Waals surface area contributed by atoms with Crippen LogP contribution in [0.4, 0.5) is 14.9 Å². The minimum absolute atomic E-state index is 0.186. The second-order valence-corrected chi connectivity index (χ2v) is 4.98. The van der Waals surface area contributed by atoms with Gasteiger partial charge in [-0.15, -0.1) is 0 Å². The van der Waals surface area contributed by atoms with Crippen LogP contribution in [0.2, 0.25) is 0 Å². The molecule has 0 aromatic heterocycles. The molecule has 5 heteroatoms. The zero-order valence-corrected chi connectivity index (χ0v) is 10.7. The second-order valence-electron chi connectivity index (χ2n) is 4.98. The monoisotopic (exact) mass is 266 g/mol. The van der Waals surface area contributed by atoms with E-state index in [9.17, 15) is 14.3 Å². The molecule has 0 spiro atoms. The molecule has 0 saturated heterocycles. The van der Waals surface area contributed by atoms with Gasteiger partial charge in [0.1, 0.15) is 5.82 Å². The zero-order chi connectivity index (χ0) is 13.7. The van der Waals surface area contributed by atoms with E-state index in [1.165, 1.54) is 24.3 Å². The van der Waals surface area contributed by atoms with E-state index in [0.717, 1.165) is 19.3 Å². The summed E-state index contributed by atoms with van der Waals surface area (Å²) in [5.41, 5.74) is 0.559. The van der Waals surface area contributed by atoms with Crippen LogP contribution >= 0.6 is 0 Å². The molecule has 1 aliphatic carbocycles. The van der Waals surface area contributed by atoms with Crippen molar-refractivity contribution in [1.82, 2.24) is 5.32 Å². The van der Waals surface area contributed by atoms with E-state index in [0.29, 0.717) is 24.1 Å². The number of aliphatic hydroxyl groups is 1. The summed E-state index contributed by atoms with van der Waals surface area (Å²) < 4.78 is 12.7. The molecule has 1 aliphatic rings. The number of hydrogen-bond acceptors (Lipinski definition) is 2. The number of hydrogen-bond donors (Lipinski definition) is 3. The molecule has 2 atom stereocenters. The summed E-state index contributed by atoms with van der Waals surface area (Å²) >= 11 is 0. The lowest BCUT2D eigenvalue weighted by molar-refractivity contribution is 0.192. The number of rotatable bonds is 4. The predicted molar refractivity (Wildman–Crippen MR) is 71.3 cm³/mol. The molecule has 1 fully saturated rings. The van der Waals surface area contributed by atoms with Crippen LogP contribution in [0.1, 0.15) is 19.3 Å². The van der Waals surface area contributed by atoms with Crippen molar-refractivity contribution in [3.05, 3.63) is 30.1 Å². The van der Waals surface area contributed by atoms with Crippen molar-refractivity contribution < 1.29 is 14.3 Å². The first-order chi connectivity index (χ1) is 9.19. The van der Waals surface area contributed by atoms with Gasteiger partial charge in [-0.05, 0) is 48.9 Å². The Kier molecular flexibility index (Phi) is 4.74. The number of amides is 2. The number of carbonyl (C=O) groups excluding carboxylic acids is 1. The summed E-state index contributed by atoms with van der Waals surface area (Å²) in [5.74, 6) is 0.317. The third-order valence-corrected chi connectivity index (χ3v) is 3.68. The molecule has 0 aliphatic heterocycles. The molecule has 0 bridgehead atoms. The van der Waals surface area contributed by atoms with Gasteiger partial charge in [-0.25, -0.2) is 9.18 Å². The minimum Gasteiger partial charge on any atom is -0.396 e. The summed E-state index contributed by atoms with van der Waals surface area (Å²) in [6, 6.07) is 5.33. The van der Waals surface area contributed by atoms with Gasteiger partial charge in [0.05, 0.1) is 0 Å². The Morgan fingerprint density at radius 2 is 1.95 bits per heavy atom. The Bertz CT molecular complexity index is 422. The molecule has 2 rings (SSSR count). The molecule has 0 radical (unpaired) electrons. The summed E-state index contributed by atoms with van der Waals surface area (Å²) in [6.07, 6.45) is 3.18. The highest BCUT2D eigenvalue weighted by Crippen LogP contribution is 2.30.